The number of benzene rings is 1. The summed E-state index contributed by atoms with van der Waals surface area (Å²) in [6.07, 6.45) is 4.83. The van der Waals surface area contributed by atoms with Crippen LogP contribution < -0.4 is 10.1 Å². The van der Waals surface area contributed by atoms with E-state index in [9.17, 15) is 0 Å². The Morgan fingerprint density at radius 3 is 2.85 bits per heavy atom. The van der Waals surface area contributed by atoms with Crippen LogP contribution in [-0.2, 0) is 13.5 Å². The number of nitrogens with one attached hydrogen (secondary N) is 1. The van der Waals surface area contributed by atoms with E-state index < -0.39 is 0 Å². The van der Waals surface area contributed by atoms with Gasteiger partial charge in [0.1, 0.15) is 5.75 Å². The standard InChI is InChI=1S/C15H20BrN3O/c1-4-17-14(12-9-18-19(2)10-12)8-11-7-13(16)5-6-15(11)20-3/h5-7,9-10,14,17H,4,8H2,1-3H3. The van der Waals surface area contributed by atoms with Gasteiger partial charge in [0.2, 0.25) is 0 Å². The molecule has 1 aromatic heterocycles. The van der Waals surface area contributed by atoms with Crippen molar-refractivity contribution >= 4 is 15.9 Å². The third kappa shape index (κ3) is 3.61. The molecule has 0 radical (unpaired) electrons. The number of hydrogen-bond acceptors (Lipinski definition) is 3. The van der Waals surface area contributed by atoms with Gasteiger partial charge in [-0.15, -0.1) is 0 Å². The number of aryl methyl sites for hydroxylation is 1. The Morgan fingerprint density at radius 1 is 1.45 bits per heavy atom. The molecule has 0 aliphatic heterocycles. The molecule has 1 atom stereocenters. The predicted octanol–water partition coefficient (Wildman–Crippen LogP) is 3.08. The maximum Gasteiger partial charge on any atom is 0.122 e. The molecule has 0 bridgehead atoms. The molecule has 0 saturated heterocycles. The third-order valence-electron chi connectivity index (χ3n) is 3.24. The Kier molecular flexibility index (Phi) is 5.20. The van der Waals surface area contributed by atoms with Gasteiger partial charge >= 0.3 is 0 Å². The van der Waals surface area contributed by atoms with Crippen LogP contribution in [0, 0.1) is 0 Å². The largest absolute Gasteiger partial charge is 0.496 e. The maximum absolute atomic E-state index is 5.45. The molecular formula is C15H20BrN3O. The summed E-state index contributed by atoms with van der Waals surface area (Å²) in [5, 5.41) is 7.76. The van der Waals surface area contributed by atoms with Crippen LogP contribution in [0.15, 0.2) is 35.1 Å². The monoisotopic (exact) mass is 337 g/mol. The summed E-state index contributed by atoms with van der Waals surface area (Å²) in [6.45, 7) is 3.03. The minimum atomic E-state index is 0.233. The maximum atomic E-state index is 5.45. The Bertz CT molecular complexity index is 568. The van der Waals surface area contributed by atoms with Crippen molar-refractivity contribution in [2.45, 2.75) is 19.4 Å². The van der Waals surface area contributed by atoms with Gasteiger partial charge in [-0.1, -0.05) is 22.9 Å². The van der Waals surface area contributed by atoms with Crippen molar-refractivity contribution in [2.24, 2.45) is 7.05 Å². The van der Waals surface area contributed by atoms with Crippen LogP contribution in [0.3, 0.4) is 0 Å². The molecule has 1 N–H and O–H groups in total. The molecule has 0 amide bonds. The highest BCUT2D eigenvalue weighted by atomic mass is 79.9. The lowest BCUT2D eigenvalue weighted by Gasteiger charge is -2.18. The van der Waals surface area contributed by atoms with Gasteiger partial charge < -0.3 is 10.1 Å². The van der Waals surface area contributed by atoms with Crippen molar-refractivity contribution in [3.05, 3.63) is 46.2 Å². The predicted molar refractivity (Wildman–Crippen MR) is 84.0 cm³/mol. The van der Waals surface area contributed by atoms with Crippen LogP contribution in [0.1, 0.15) is 24.1 Å². The molecule has 1 unspecified atom stereocenters. The first-order valence-electron chi connectivity index (χ1n) is 6.68. The number of halogens is 1. The fraction of sp³-hybridized carbons (Fsp3) is 0.400. The highest BCUT2D eigenvalue weighted by Gasteiger charge is 2.15. The van der Waals surface area contributed by atoms with E-state index in [4.69, 9.17) is 4.74 Å². The highest BCUT2D eigenvalue weighted by molar-refractivity contribution is 9.10. The SMILES string of the molecule is CCNC(Cc1cc(Br)ccc1OC)c1cnn(C)c1. The summed E-state index contributed by atoms with van der Waals surface area (Å²) in [4.78, 5) is 0. The van der Waals surface area contributed by atoms with Crippen LogP contribution in [-0.4, -0.2) is 23.4 Å². The van der Waals surface area contributed by atoms with Gasteiger partial charge in [0.15, 0.2) is 0 Å². The normalized spacial score (nSPS) is 12.4. The van der Waals surface area contributed by atoms with E-state index in [1.165, 1.54) is 11.1 Å². The summed E-state index contributed by atoms with van der Waals surface area (Å²) in [6, 6.07) is 6.33. The molecule has 1 aromatic carbocycles. The van der Waals surface area contributed by atoms with E-state index in [1.807, 2.05) is 30.1 Å². The first-order valence-corrected chi connectivity index (χ1v) is 7.47. The zero-order valence-corrected chi connectivity index (χ0v) is 13.6. The smallest absolute Gasteiger partial charge is 0.122 e. The Balaban J connectivity index is 2.26. The third-order valence-corrected chi connectivity index (χ3v) is 3.74. The van der Waals surface area contributed by atoms with E-state index >= 15 is 0 Å². The zero-order chi connectivity index (χ0) is 14.5. The highest BCUT2D eigenvalue weighted by Crippen LogP contribution is 2.27. The van der Waals surface area contributed by atoms with E-state index in [0.717, 1.165) is 23.2 Å². The van der Waals surface area contributed by atoms with Crippen LogP contribution >= 0.6 is 15.9 Å². The fourth-order valence-corrected chi connectivity index (χ4v) is 2.71. The van der Waals surface area contributed by atoms with Crippen LogP contribution in [0.5, 0.6) is 5.75 Å². The molecule has 1 heterocycles. The molecule has 2 aromatic rings. The Labute approximate surface area is 128 Å². The quantitative estimate of drug-likeness (QED) is 0.880. The lowest BCUT2D eigenvalue weighted by molar-refractivity contribution is 0.405. The lowest BCUT2D eigenvalue weighted by Crippen LogP contribution is -2.22. The van der Waals surface area contributed by atoms with Gasteiger partial charge in [-0.3, -0.25) is 4.68 Å². The number of nitrogens with zero attached hydrogens (tertiary/aromatic N) is 2. The second-order valence-electron chi connectivity index (χ2n) is 4.72. The number of likely N-dealkylation sites (N-methyl/N-ethyl adjacent to an activating group) is 1. The van der Waals surface area contributed by atoms with Crippen LogP contribution in [0.2, 0.25) is 0 Å². The summed E-state index contributed by atoms with van der Waals surface area (Å²) >= 11 is 3.52. The van der Waals surface area contributed by atoms with Crippen molar-refractivity contribution in [3.8, 4) is 5.75 Å². The van der Waals surface area contributed by atoms with Crippen LogP contribution in [0.4, 0.5) is 0 Å². The average Bonchev–Trinajstić information content (AvgIpc) is 2.85. The van der Waals surface area contributed by atoms with Crippen molar-refractivity contribution in [3.63, 3.8) is 0 Å². The van der Waals surface area contributed by atoms with Crippen molar-refractivity contribution in [1.82, 2.24) is 15.1 Å². The minimum absolute atomic E-state index is 0.233. The summed E-state index contributed by atoms with van der Waals surface area (Å²) in [5.74, 6) is 0.917. The number of aromatic nitrogens is 2. The molecule has 0 fully saturated rings. The molecule has 0 spiro atoms. The summed E-state index contributed by atoms with van der Waals surface area (Å²) in [7, 11) is 3.64. The molecular weight excluding hydrogens is 318 g/mol. The topological polar surface area (TPSA) is 39.1 Å². The minimum Gasteiger partial charge on any atom is -0.496 e. The molecule has 0 saturated carbocycles. The molecule has 5 heteroatoms. The Hall–Kier alpha value is -1.33. The molecule has 2 rings (SSSR count). The van der Waals surface area contributed by atoms with Gasteiger partial charge in [0.25, 0.3) is 0 Å². The van der Waals surface area contributed by atoms with E-state index in [-0.39, 0.29) is 6.04 Å². The molecule has 0 aliphatic carbocycles. The van der Waals surface area contributed by atoms with Crippen molar-refractivity contribution in [1.29, 1.82) is 0 Å². The van der Waals surface area contributed by atoms with Crippen molar-refractivity contribution in [2.75, 3.05) is 13.7 Å². The first-order chi connectivity index (χ1) is 9.63. The zero-order valence-electron chi connectivity index (χ0n) is 12.1. The number of methoxy groups -OCH3 is 1. The second kappa shape index (κ2) is 6.90. The number of ether oxygens (including phenoxy) is 1. The summed E-state index contributed by atoms with van der Waals surface area (Å²) in [5.41, 5.74) is 2.37. The van der Waals surface area contributed by atoms with E-state index in [0.29, 0.717) is 0 Å². The number of rotatable bonds is 6. The average molecular weight is 338 g/mol. The van der Waals surface area contributed by atoms with Gasteiger partial charge in [-0.05, 0) is 36.7 Å². The van der Waals surface area contributed by atoms with Crippen LogP contribution in [0.25, 0.3) is 0 Å². The summed E-state index contributed by atoms with van der Waals surface area (Å²) < 4.78 is 8.35. The second-order valence-corrected chi connectivity index (χ2v) is 5.63. The van der Waals surface area contributed by atoms with E-state index in [2.05, 4.69) is 45.5 Å². The molecule has 4 nitrogen and oxygen atoms in total. The van der Waals surface area contributed by atoms with Gasteiger partial charge in [0.05, 0.1) is 13.3 Å². The Morgan fingerprint density at radius 2 is 2.25 bits per heavy atom. The van der Waals surface area contributed by atoms with Gasteiger partial charge in [0, 0.05) is 29.3 Å². The fourth-order valence-electron chi connectivity index (χ4n) is 2.30. The molecule has 108 valence electrons. The van der Waals surface area contributed by atoms with Gasteiger partial charge in [-0.25, -0.2) is 0 Å². The molecule has 20 heavy (non-hydrogen) atoms. The number of hydrogen-bond donors (Lipinski definition) is 1. The van der Waals surface area contributed by atoms with Crippen molar-refractivity contribution < 1.29 is 4.74 Å². The molecule has 0 aliphatic rings. The van der Waals surface area contributed by atoms with Gasteiger partial charge in [-0.2, -0.15) is 5.10 Å². The first kappa shape index (κ1) is 15.1. The lowest BCUT2D eigenvalue weighted by atomic mass is 10.0. The van der Waals surface area contributed by atoms with E-state index in [1.54, 1.807) is 7.11 Å².